The van der Waals surface area contributed by atoms with Gasteiger partial charge < -0.3 is 14.7 Å². The van der Waals surface area contributed by atoms with E-state index in [0.29, 0.717) is 26.3 Å². The van der Waals surface area contributed by atoms with Gasteiger partial charge in [-0.25, -0.2) is 0 Å². The summed E-state index contributed by atoms with van der Waals surface area (Å²) in [5, 5.41) is 9.12. The highest BCUT2D eigenvalue weighted by Gasteiger charge is 2.41. The second-order valence-electron chi connectivity index (χ2n) is 6.14. The lowest BCUT2D eigenvalue weighted by Crippen LogP contribution is -2.57. The number of carbonyl (C=O) groups is 2. The number of amides is 1. The maximum absolute atomic E-state index is 12.5. The highest BCUT2D eigenvalue weighted by molar-refractivity contribution is 7.86. The Morgan fingerprint density at radius 1 is 0.957 bits per heavy atom. The number of aliphatic carboxylic acids is 1. The average molecular weight is 349 g/mol. The van der Waals surface area contributed by atoms with Gasteiger partial charge >= 0.3 is 5.97 Å². The zero-order valence-electron chi connectivity index (χ0n) is 13.4. The lowest BCUT2D eigenvalue weighted by molar-refractivity contribution is -0.158. The number of nitrogens with zero attached hydrogens (tertiary/aromatic N) is 3. The first-order valence-corrected chi connectivity index (χ1v) is 8.93. The van der Waals surface area contributed by atoms with Crippen molar-refractivity contribution in [3.63, 3.8) is 0 Å². The summed E-state index contributed by atoms with van der Waals surface area (Å²) < 4.78 is 32.9. The number of morpholine rings is 1. The van der Waals surface area contributed by atoms with E-state index in [-0.39, 0.29) is 26.2 Å². The van der Waals surface area contributed by atoms with Crippen LogP contribution in [0.1, 0.15) is 13.8 Å². The lowest BCUT2D eigenvalue weighted by atomic mass is 9.91. The highest BCUT2D eigenvalue weighted by atomic mass is 32.2. The second kappa shape index (κ2) is 6.71. The first kappa shape index (κ1) is 18.1. The molecule has 0 aromatic carbocycles. The Balaban J connectivity index is 1.98. The molecule has 0 unspecified atom stereocenters. The van der Waals surface area contributed by atoms with Crippen LogP contribution in [0.3, 0.4) is 0 Å². The average Bonchev–Trinajstić information content (AvgIpc) is 2.55. The van der Waals surface area contributed by atoms with Crippen molar-refractivity contribution in [2.75, 3.05) is 52.5 Å². The van der Waals surface area contributed by atoms with Crippen molar-refractivity contribution in [3.05, 3.63) is 0 Å². The third-order valence-corrected chi connectivity index (χ3v) is 6.25. The number of hydrogen-bond donors (Lipinski definition) is 1. The molecule has 0 aromatic rings. The van der Waals surface area contributed by atoms with Crippen molar-refractivity contribution < 1.29 is 27.9 Å². The van der Waals surface area contributed by atoms with Crippen LogP contribution in [0.25, 0.3) is 0 Å². The van der Waals surface area contributed by atoms with E-state index < -0.39 is 27.5 Å². The van der Waals surface area contributed by atoms with Crippen molar-refractivity contribution >= 4 is 22.1 Å². The summed E-state index contributed by atoms with van der Waals surface area (Å²) >= 11 is 0. The summed E-state index contributed by atoms with van der Waals surface area (Å²) in [6.07, 6.45) is 0. The smallest absolute Gasteiger partial charge is 0.318 e. The molecule has 0 spiro atoms. The first-order valence-electron chi connectivity index (χ1n) is 7.53. The molecule has 2 rings (SSSR count). The molecule has 2 aliphatic rings. The van der Waals surface area contributed by atoms with E-state index in [4.69, 9.17) is 9.84 Å². The molecule has 0 aliphatic carbocycles. The molecule has 23 heavy (non-hydrogen) atoms. The Hall–Kier alpha value is -1.23. The summed E-state index contributed by atoms with van der Waals surface area (Å²) in [5.41, 5.74) is -1.51. The minimum Gasteiger partial charge on any atom is -0.480 e. The van der Waals surface area contributed by atoms with Crippen molar-refractivity contribution in [2.45, 2.75) is 13.8 Å². The van der Waals surface area contributed by atoms with E-state index in [1.54, 1.807) is 0 Å². The second-order valence-corrected chi connectivity index (χ2v) is 8.07. The summed E-state index contributed by atoms with van der Waals surface area (Å²) in [5.74, 6) is -1.68. The summed E-state index contributed by atoms with van der Waals surface area (Å²) in [6, 6.07) is 0. The number of carbonyl (C=O) groups excluding carboxylic acids is 1. The zero-order valence-corrected chi connectivity index (χ0v) is 14.2. The van der Waals surface area contributed by atoms with Crippen LogP contribution < -0.4 is 0 Å². The summed E-state index contributed by atoms with van der Waals surface area (Å²) in [6.45, 7) is 4.85. The largest absolute Gasteiger partial charge is 0.480 e. The number of ether oxygens (including phenoxy) is 1. The molecular weight excluding hydrogens is 326 g/mol. The van der Waals surface area contributed by atoms with Crippen LogP contribution in [0, 0.1) is 5.41 Å². The Bertz CT molecular complexity index is 562. The van der Waals surface area contributed by atoms with Gasteiger partial charge in [-0.15, -0.1) is 0 Å². The molecule has 2 heterocycles. The maximum Gasteiger partial charge on any atom is 0.318 e. The van der Waals surface area contributed by atoms with Crippen LogP contribution in [-0.4, -0.2) is 91.4 Å². The molecule has 132 valence electrons. The maximum atomic E-state index is 12.5. The third kappa shape index (κ3) is 3.65. The molecular formula is C13H23N3O6S. The van der Waals surface area contributed by atoms with Gasteiger partial charge in [-0.05, 0) is 13.8 Å². The standard InChI is InChI=1S/C13H23N3O6S/c1-13(2,12(18)19)11(17)14-3-5-15(6-4-14)23(20,21)16-7-9-22-10-8-16/h3-10H2,1-2H3,(H,18,19). The van der Waals surface area contributed by atoms with Crippen LogP contribution in [0.15, 0.2) is 0 Å². The molecule has 9 nitrogen and oxygen atoms in total. The molecule has 2 aliphatic heterocycles. The highest BCUT2D eigenvalue weighted by Crippen LogP contribution is 2.21. The van der Waals surface area contributed by atoms with Crippen molar-refractivity contribution in [1.29, 1.82) is 0 Å². The SMILES string of the molecule is CC(C)(C(=O)O)C(=O)N1CCN(S(=O)(=O)N2CCOCC2)CC1. The number of carboxylic acid groups (broad SMARTS) is 1. The Morgan fingerprint density at radius 3 is 1.91 bits per heavy atom. The summed E-state index contributed by atoms with van der Waals surface area (Å²) in [7, 11) is -3.55. The predicted molar refractivity (Wildman–Crippen MR) is 80.9 cm³/mol. The molecule has 10 heteroatoms. The monoisotopic (exact) mass is 349 g/mol. The van der Waals surface area contributed by atoms with E-state index in [0.717, 1.165) is 0 Å². The molecule has 2 fully saturated rings. The molecule has 1 amide bonds. The van der Waals surface area contributed by atoms with E-state index in [9.17, 15) is 18.0 Å². The number of piperazine rings is 1. The van der Waals surface area contributed by atoms with Crippen LogP contribution in [0.4, 0.5) is 0 Å². The van der Waals surface area contributed by atoms with Crippen LogP contribution in [0.2, 0.25) is 0 Å². The zero-order chi connectivity index (χ0) is 17.3. The topological polar surface area (TPSA) is 107 Å². The fourth-order valence-corrected chi connectivity index (χ4v) is 4.11. The Kier molecular flexibility index (Phi) is 5.29. The minimum atomic E-state index is -3.55. The van der Waals surface area contributed by atoms with Crippen LogP contribution >= 0.6 is 0 Å². The number of hydrogen-bond acceptors (Lipinski definition) is 5. The Labute approximate surface area is 136 Å². The van der Waals surface area contributed by atoms with Crippen molar-refractivity contribution in [1.82, 2.24) is 13.5 Å². The van der Waals surface area contributed by atoms with Crippen LogP contribution in [0.5, 0.6) is 0 Å². The van der Waals surface area contributed by atoms with Gasteiger partial charge in [0.05, 0.1) is 13.2 Å². The van der Waals surface area contributed by atoms with Gasteiger partial charge in [0.2, 0.25) is 5.91 Å². The minimum absolute atomic E-state index is 0.168. The van der Waals surface area contributed by atoms with E-state index in [1.165, 1.54) is 27.4 Å². The molecule has 0 atom stereocenters. The fraction of sp³-hybridized carbons (Fsp3) is 0.846. The van der Waals surface area contributed by atoms with E-state index in [1.807, 2.05) is 0 Å². The van der Waals surface area contributed by atoms with Gasteiger partial charge in [0.15, 0.2) is 0 Å². The quantitative estimate of drug-likeness (QED) is 0.640. The third-order valence-electron chi connectivity index (χ3n) is 4.22. The molecule has 0 radical (unpaired) electrons. The van der Waals surface area contributed by atoms with Crippen molar-refractivity contribution in [2.24, 2.45) is 5.41 Å². The Morgan fingerprint density at radius 2 is 1.43 bits per heavy atom. The normalized spacial score (nSPS) is 22.1. The number of carboxylic acids is 1. The molecule has 0 saturated carbocycles. The van der Waals surface area contributed by atoms with Gasteiger partial charge in [0.1, 0.15) is 5.41 Å². The molecule has 1 N–H and O–H groups in total. The predicted octanol–water partition coefficient (Wildman–Crippen LogP) is -1.18. The van der Waals surface area contributed by atoms with Gasteiger partial charge in [-0.2, -0.15) is 17.0 Å². The molecule has 0 bridgehead atoms. The van der Waals surface area contributed by atoms with Gasteiger partial charge in [0, 0.05) is 39.3 Å². The fourth-order valence-electron chi connectivity index (χ4n) is 2.55. The van der Waals surface area contributed by atoms with Gasteiger partial charge in [-0.1, -0.05) is 0 Å². The lowest BCUT2D eigenvalue weighted by Gasteiger charge is -2.39. The number of rotatable bonds is 4. The van der Waals surface area contributed by atoms with Gasteiger partial charge in [-0.3, -0.25) is 9.59 Å². The first-order chi connectivity index (χ1) is 10.7. The van der Waals surface area contributed by atoms with E-state index >= 15 is 0 Å². The van der Waals surface area contributed by atoms with Crippen LogP contribution in [-0.2, 0) is 24.5 Å². The van der Waals surface area contributed by atoms with Crippen molar-refractivity contribution in [3.8, 4) is 0 Å². The van der Waals surface area contributed by atoms with E-state index in [2.05, 4.69) is 0 Å². The van der Waals surface area contributed by atoms with Gasteiger partial charge in [0.25, 0.3) is 10.2 Å². The molecule has 0 aromatic heterocycles. The molecule has 2 saturated heterocycles. The summed E-state index contributed by atoms with van der Waals surface area (Å²) in [4.78, 5) is 24.8.